The van der Waals surface area contributed by atoms with Crippen LogP contribution in [0.4, 0.5) is 0 Å². The minimum Gasteiger partial charge on any atom is -0.360 e. The maximum Gasteiger partial charge on any atom is 0.202 e. The fraction of sp³-hybridized carbons (Fsp3) is 0.875. The molecular weight excluding hydrogens is 285 g/mol. The molecule has 0 aliphatic rings. The van der Waals surface area contributed by atoms with Crippen LogP contribution in [0.5, 0.6) is 0 Å². The standard InChI is InChI=1S/C16H32NO3P/c1-2-3-4-5-6-7-8-9-10-11-12-13-15(18)21(20)16(19)14-17/h20H,2-14,17H2,1H3. The zero-order chi connectivity index (χ0) is 15.9. The molecule has 0 aliphatic heterocycles. The second-order valence-electron chi connectivity index (χ2n) is 5.59. The first-order valence-electron chi connectivity index (χ1n) is 8.38. The Hall–Kier alpha value is -0.310. The second-order valence-corrected chi connectivity index (χ2v) is 7.21. The molecule has 21 heavy (non-hydrogen) atoms. The average molecular weight is 317 g/mol. The zero-order valence-corrected chi connectivity index (χ0v) is 14.4. The van der Waals surface area contributed by atoms with Gasteiger partial charge in [0.2, 0.25) is 5.52 Å². The summed E-state index contributed by atoms with van der Waals surface area (Å²) in [6, 6.07) is 0. The smallest absolute Gasteiger partial charge is 0.202 e. The molecule has 0 fully saturated rings. The van der Waals surface area contributed by atoms with Crippen LogP contribution in [-0.2, 0) is 9.59 Å². The Morgan fingerprint density at radius 1 is 0.810 bits per heavy atom. The molecule has 0 saturated carbocycles. The molecule has 0 saturated heterocycles. The van der Waals surface area contributed by atoms with E-state index in [2.05, 4.69) is 6.92 Å². The minimum absolute atomic E-state index is 0.244. The summed E-state index contributed by atoms with van der Waals surface area (Å²) in [5.74, 6) is 0. The lowest BCUT2D eigenvalue weighted by Gasteiger charge is -2.06. The van der Waals surface area contributed by atoms with Gasteiger partial charge in [0, 0.05) is 6.42 Å². The molecule has 0 heterocycles. The fourth-order valence-electron chi connectivity index (χ4n) is 2.27. The van der Waals surface area contributed by atoms with Crippen LogP contribution >= 0.6 is 8.15 Å². The summed E-state index contributed by atoms with van der Waals surface area (Å²) in [7, 11) is -2.14. The summed E-state index contributed by atoms with van der Waals surface area (Å²) < 4.78 is 0. The van der Waals surface area contributed by atoms with Crippen molar-refractivity contribution in [3.63, 3.8) is 0 Å². The summed E-state index contributed by atoms with van der Waals surface area (Å²) in [5, 5.41) is 0. The molecule has 1 unspecified atom stereocenters. The maximum atomic E-state index is 11.5. The average Bonchev–Trinajstić information content (AvgIpc) is 2.50. The van der Waals surface area contributed by atoms with E-state index < -0.39 is 13.7 Å². The van der Waals surface area contributed by atoms with Gasteiger partial charge < -0.3 is 10.6 Å². The Labute approximate surface area is 130 Å². The minimum atomic E-state index is -2.14. The third kappa shape index (κ3) is 12.0. The molecule has 3 N–H and O–H groups in total. The van der Waals surface area contributed by atoms with Gasteiger partial charge in [-0.15, -0.1) is 0 Å². The van der Waals surface area contributed by atoms with Crippen LogP contribution in [0.15, 0.2) is 0 Å². The number of hydrogen-bond donors (Lipinski definition) is 2. The summed E-state index contributed by atoms with van der Waals surface area (Å²) >= 11 is 0. The van der Waals surface area contributed by atoms with Crippen molar-refractivity contribution in [2.75, 3.05) is 6.54 Å². The molecule has 0 aromatic rings. The molecule has 0 aromatic heterocycles. The van der Waals surface area contributed by atoms with Crippen molar-refractivity contribution >= 4 is 19.2 Å². The van der Waals surface area contributed by atoms with Gasteiger partial charge in [-0.1, -0.05) is 71.1 Å². The Balaban J connectivity index is 3.32. The van der Waals surface area contributed by atoms with Crippen molar-refractivity contribution in [2.45, 2.75) is 84.0 Å². The van der Waals surface area contributed by atoms with E-state index in [1.165, 1.54) is 51.4 Å². The highest BCUT2D eigenvalue weighted by Crippen LogP contribution is 2.33. The normalized spacial score (nSPS) is 12.3. The van der Waals surface area contributed by atoms with Crippen molar-refractivity contribution in [3.05, 3.63) is 0 Å². The third-order valence-electron chi connectivity index (χ3n) is 3.64. The molecular formula is C16H32NO3P. The first kappa shape index (κ1) is 20.7. The number of carbonyl (C=O) groups is 2. The van der Waals surface area contributed by atoms with Crippen LogP contribution in [0.2, 0.25) is 0 Å². The van der Waals surface area contributed by atoms with E-state index in [0.717, 1.165) is 19.3 Å². The lowest BCUT2D eigenvalue weighted by molar-refractivity contribution is -0.114. The molecule has 0 bridgehead atoms. The van der Waals surface area contributed by atoms with Crippen LogP contribution < -0.4 is 5.73 Å². The van der Waals surface area contributed by atoms with E-state index in [-0.39, 0.29) is 12.1 Å². The van der Waals surface area contributed by atoms with Gasteiger partial charge >= 0.3 is 0 Å². The van der Waals surface area contributed by atoms with Gasteiger partial charge in [0.1, 0.15) is 0 Å². The highest BCUT2D eigenvalue weighted by molar-refractivity contribution is 7.84. The van der Waals surface area contributed by atoms with E-state index in [1.54, 1.807) is 0 Å². The third-order valence-corrected chi connectivity index (χ3v) is 4.99. The first-order chi connectivity index (χ1) is 10.1. The number of unbranched alkanes of at least 4 members (excludes halogenated alkanes) is 10. The van der Waals surface area contributed by atoms with Crippen LogP contribution in [0.25, 0.3) is 0 Å². The molecule has 0 rings (SSSR count). The summed E-state index contributed by atoms with van der Waals surface area (Å²) in [4.78, 5) is 32.0. The van der Waals surface area contributed by atoms with E-state index in [4.69, 9.17) is 5.73 Å². The van der Waals surface area contributed by atoms with Crippen LogP contribution in [0, 0.1) is 0 Å². The van der Waals surface area contributed by atoms with Crippen molar-refractivity contribution < 1.29 is 14.5 Å². The molecule has 124 valence electrons. The molecule has 1 atom stereocenters. The van der Waals surface area contributed by atoms with Gasteiger partial charge in [0.15, 0.2) is 13.7 Å². The summed E-state index contributed by atoms with van der Waals surface area (Å²) in [6.45, 7) is 1.99. The van der Waals surface area contributed by atoms with E-state index >= 15 is 0 Å². The highest BCUT2D eigenvalue weighted by atomic mass is 31.1. The Morgan fingerprint density at radius 2 is 1.24 bits per heavy atom. The van der Waals surface area contributed by atoms with Crippen LogP contribution in [-0.4, -0.2) is 22.5 Å². The molecule has 0 aliphatic carbocycles. The molecule has 4 nitrogen and oxygen atoms in total. The fourth-order valence-corrected chi connectivity index (χ4v) is 3.09. The van der Waals surface area contributed by atoms with Crippen LogP contribution in [0.3, 0.4) is 0 Å². The van der Waals surface area contributed by atoms with Crippen LogP contribution in [0.1, 0.15) is 84.0 Å². The van der Waals surface area contributed by atoms with Crippen molar-refractivity contribution in [3.8, 4) is 0 Å². The van der Waals surface area contributed by atoms with Crippen molar-refractivity contribution in [1.29, 1.82) is 0 Å². The largest absolute Gasteiger partial charge is 0.360 e. The van der Waals surface area contributed by atoms with Gasteiger partial charge in [-0.2, -0.15) is 0 Å². The quantitative estimate of drug-likeness (QED) is 0.352. The Bertz CT molecular complexity index is 285. The van der Waals surface area contributed by atoms with Gasteiger partial charge in [0.05, 0.1) is 6.54 Å². The number of nitrogens with two attached hydrogens (primary N) is 1. The SMILES string of the molecule is CCCCCCCCCCCCCC(=O)P(O)C(=O)CN. The lowest BCUT2D eigenvalue weighted by Crippen LogP contribution is -2.14. The topological polar surface area (TPSA) is 80.4 Å². The molecule has 0 aromatic carbocycles. The highest BCUT2D eigenvalue weighted by Gasteiger charge is 2.21. The first-order valence-corrected chi connectivity index (χ1v) is 9.67. The molecule has 0 spiro atoms. The number of rotatable bonds is 15. The zero-order valence-electron chi connectivity index (χ0n) is 13.5. The Kier molecular flexibility index (Phi) is 14.4. The predicted octanol–water partition coefficient (Wildman–Crippen LogP) is 4.09. The monoisotopic (exact) mass is 317 g/mol. The predicted molar refractivity (Wildman–Crippen MR) is 89.3 cm³/mol. The Morgan fingerprint density at radius 3 is 1.67 bits per heavy atom. The van der Waals surface area contributed by atoms with Crippen molar-refractivity contribution in [2.24, 2.45) is 5.73 Å². The summed E-state index contributed by atoms with van der Waals surface area (Å²) in [5.41, 5.74) is 4.29. The lowest BCUT2D eigenvalue weighted by atomic mass is 10.1. The van der Waals surface area contributed by atoms with Gasteiger partial charge in [-0.3, -0.25) is 9.59 Å². The maximum absolute atomic E-state index is 11.5. The molecule has 0 amide bonds. The van der Waals surface area contributed by atoms with Crippen molar-refractivity contribution in [1.82, 2.24) is 0 Å². The van der Waals surface area contributed by atoms with E-state index in [0.29, 0.717) is 6.42 Å². The van der Waals surface area contributed by atoms with E-state index in [1.807, 2.05) is 0 Å². The van der Waals surface area contributed by atoms with E-state index in [9.17, 15) is 14.5 Å². The summed E-state index contributed by atoms with van der Waals surface area (Å²) in [6.07, 6.45) is 13.7. The van der Waals surface area contributed by atoms with Gasteiger partial charge in [0.25, 0.3) is 0 Å². The molecule has 5 heteroatoms. The van der Waals surface area contributed by atoms with Gasteiger partial charge in [-0.25, -0.2) is 0 Å². The second kappa shape index (κ2) is 14.6. The van der Waals surface area contributed by atoms with Gasteiger partial charge in [-0.05, 0) is 6.42 Å². The molecule has 0 radical (unpaired) electrons. The number of carbonyl (C=O) groups excluding carboxylic acids is 2. The number of hydrogen-bond acceptors (Lipinski definition) is 4.